The van der Waals surface area contributed by atoms with Crippen LogP contribution >= 0.6 is 0 Å². The molecule has 1 saturated heterocycles. The first-order valence-electron chi connectivity index (χ1n) is 10.4. The number of benzene rings is 2. The van der Waals surface area contributed by atoms with Crippen molar-refractivity contribution < 1.29 is 22.8 Å². The Kier molecular flexibility index (Phi) is 4.96. The summed E-state index contributed by atoms with van der Waals surface area (Å²) in [5.41, 5.74) is 2.43. The molecule has 0 atom stereocenters. The summed E-state index contributed by atoms with van der Waals surface area (Å²) in [7, 11) is 0. The van der Waals surface area contributed by atoms with Gasteiger partial charge in [-0.15, -0.1) is 0 Å². The Balaban J connectivity index is 1.42. The van der Waals surface area contributed by atoms with Crippen molar-refractivity contribution in [1.82, 2.24) is 9.78 Å². The first kappa shape index (κ1) is 20.3. The summed E-state index contributed by atoms with van der Waals surface area (Å²) in [4.78, 5) is 26.2. The van der Waals surface area contributed by atoms with Gasteiger partial charge in [-0.3, -0.25) is 9.59 Å². The number of anilines is 2. The number of nitrogens with zero attached hydrogens (tertiary/aromatic N) is 3. The fourth-order valence-electron chi connectivity index (χ4n) is 4.35. The average Bonchev–Trinajstić information content (AvgIpc) is 3.47. The number of hydrogen-bond donors (Lipinski definition) is 1. The first-order chi connectivity index (χ1) is 15.4. The molecule has 2 heterocycles. The zero-order valence-electron chi connectivity index (χ0n) is 17.0. The van der Waals surface area contributed by atoms with Gasteiger partial charge in [-0.2, -0.15) is 5.10 Å². The fraction of sp³-hybridized carbons (Fsp3) is 0.261. The lowest BCUT2D eigenvalue weighted by molar-refractivity contribution is -0.117. The third-order valence-corrected chi connectivity index (χ3v) is 5.86. The smallest absolute Gasteiger partial charge is 0.276 e. The van der Waals surface area contributed by atoms with Crippen LogP contribution in [0.2, 0.25) is 0 Å². The van der Waals surface area contributed by atoms with Crippen LogP contribution in [0.5, 0.6) is 0 Å². The minimum Gasteiger partial charge on any atom is -0.320 e. The number of nitrogens with one attached hydrogen (secondary N) is 1. The van der Waals surface area contributed by atoms with Crippen LogP contribution in [-0.4, -0.2) is 28.1 Å². The van der Waals surface area contributed by atoms with Crippen LogP contribution in [0.3, 0.4) is 0 Å². The molecule has 0 unspecified atom stereocenters. The number of carbonyl (C=O) groups excluding carboxylic acids is 2. The van der Waals surface area contributed by atoms with Gasteiger partial charge in [0.15, 0.2) is 17.3 Å². The van der Waals surface area contributed by atoms with E-state index in [1.807, 2.05) is 0 Å². The van der Waals surface area contributed by atoms with E-state index in [1.165, 1.54) is 33.8 Å². The van der Waals surface area contributed by atoms with Crippen LogP contribution in [-0.2, 0) is 17.6 Å². The summed E-state index contributed by atoms with van der Waals surface area (Å²) < 4.78 is 43.1. The third kappa shape index (κ3) is 3.43. The molecular weight excluding hydrogens is 421 g/mol. The molecule has 5 rings (SSSR count). The van der Waals surface area contributed by atoms with Gasteiger partial charge in [0.25, 0.3) is 5.91 Å². The van der Waals surface area contributed by atoms with E-state index in [1.54, 1.807) is 0 Å². The largest absolute Gasteiger partial charge is 0.320 e. The topological polar surface area (TPSA) is 67.2 Å². The van der Waals surface area contributed by atoms with Crippen molar-refractivity contribution in [2.75, 3.05) is 16.8 Å². The lowest BCUT2D eigenvalue weighted by Crippen LogP contribution is -2.24. The van der Waals surface area contributed by atoms with E-state index in [2.05, 4.69) is 10.4 Å². The van der Waals surface area contributed by atoms with E-state index in [0.717, 1.165) is 29.8 Å². The Labute approximate surface area is 181 Å². The molecule has 0 radical (unpaired) electrons. The first-order valence-corrected chi connectivity index (χ1v) is 10.4. The van der Waals surface area contributed by atoms with Gasteiger partial charge in [-0.1, -0.05) is 0 Å². The molecule has 0 saturated carbocycles. The van der Waals surface area contributed by atoms with Crippen LogP contribution in [0, 0.1) is 17.5 Å². The number of halogens is 3. The molecule has 2 aromatic carbocycles. The molecule has 6 nitrogen and oxygen atoms in total. The van der Waals surface area contributed by atoms with E-state index in [0.29, 0.717) is 37.9 Å². The van der Waals surface area contributed by atoms with Gasteiger partial charge in [0.2, 0.25) is 5.91 Å². The zero-order chi connectivity index (χ0) is 22.4. The summed E-state index contributed by atoms with van der Waals surface area (Å²) in [5, 5.41) is 7.00. The van der Waals surface area contributed by atoms with E-state index < -0.39 is 23.4 Å². The highest BCUT2D eigenvalue weighted by atomic mass is 19.2. The van der Waals surface area contributed by atoms with Crippen LogP contribution in [0.4, 0.5) is 24.5 Å². The Morgan fingerprint density at radius 3 is 2.50 bits per heavy atom. The second-order valence-corrected chi connectivity index (χ2v) is 7.91. The summed E-state index contributed by atoms with van der Waals surface area (Å²) >= 11 is 0. The second kappa shape index (κ2) is 7.81. The monoisotopic (exact) mass is 440 g/mol. The van der Waals surface area contributed by atoms with E-state index in [4.69, 9.17) is 0 Å². The third-order valence-electron chi connectivity index (χ3n) is 5.86. The highest BCUT2D eigenvalue weighted by Gasteiger charge is 2.28. The van der Waals surface area contributed by atoms with Gasteiger partial charge in [0.1, 0.15) is 5.82 Å². The number of carbonyl (C=O) groups is 2. The van der Waals surface area contributed by atoms with Crippen LogP contribution in [0.1, 0.15) is 41.0 Å². The van der Waals surface area contributed by atoms with Crippen molar-refractivity contribution in [2.24, 2.45) is 0 Å². The molecule has 3 aromatic rings. The predicted octanol–water partition coefficient (Wildman–Crippen LogP) is 4.16. The lowest BCUT2D eigenvalue weighted by Gasteiger charge is -2.17. The van der Waals surface area contributed by atoms with Gasteiger partial charge >= 0.3 is 0 Å². The number of rotatable bonds is 4. The van der Waals surface area contributed by atoms with E-state index >= 15 is 0 Å². The number of aromatic nitrogens is 2. The number of hydrogen-bond acceptors (Lipinski definition) is 3. The van der Waals surface area contributed by atoms with Gasteiger partial charge < -0.3 is 10.2 Å². The maximum absolute atomic E-state index is 14.6. The van der Waals surface area contributed by atoms with Gasteiger partial charge in [0.05, 0.1) is 11.4 Å². The minimum absolute atomic E-state index is 0.126. The van der Waals surface area contributed by atoms with Crippen molar-refractivity contribution in [3.8, 4) is 5.69 Å². The molecule has 0 bridgehead atoms. The lowest BCUT2D eigenvalue weighted by atomic mass is 10.2. The second-order valence-electron chi connectivity index (χ2n) is 7.91. The summed E-state index contributed by atoms with van der Waals surface area (Å²) in [6, 6.07) is 7.64. The predicted molar refractivity (Wildman–Crippen MR) is 111 cm³/mol. The van der Waals surface area contributed by atoms with Crippen LogP contribution in [0.25, 0.3) is 5.69 Å². The average molecular weight is 440 g/mol. The molecule has 1 aromatic heterocycles. The molecule has 1 fully saturated rings. The van der Waals surface area contributed by atoms with Gasteiger partial charge in [-0.25, -0.2) is 17.9 Å². The van der Waals surface area contributed by atoms with Crippen LogP contribution in [0.15, 0.2) is 36.4 Å². The number of amides is 2. The zero-order valence-corrected chi connectivity index (χ0v) is 17.0. The minimum atomic E-state index is -0.997. The maximum Gasteiger partial charge on any atom is 0.276 e. The molecule has 1 aliphatic carbocycles. The normalized spacial score (nSPS) is 15.3. The van der Waals surface area contributed by atoms with E-state index in [9.17, 15) is 22.8 Å². The molecular formula is C23H19F3N4O2. The number of fused-ring (bicyclic) bond motifs is 1. The molecule has 164 valence electrons. The summed E-state index contributed by atoms with van der Waals surface area (Å²) in [6.45, 7) is 0.467. The molecule has 2 aliphatic rings. The summed E-state index contributed by atoms with van der Waals surface area (Å²) in [5.74, 6) is -3.21. The van der Waals surface area contributed by atoms with Crippen molar-refractivity contribution in [2.45, 2.75) is 32.1 Å². The van der Waals surface area contributed by atoms with Gasteiger partial charge in [-0.05, 0) is 56.0 Å². The molecule has 32 heavy (non-hydrogen) atoms. The Morgan fingerprint density at radius 2 is 1.78 bits per heavy atom. The SMILES string of the molecule is O=C(Nc1ccc(N2CCCC2=O)c(F)c1)c1nn(-c2ccc(F)c(F)c2)c2c1CCC2. The van der Waals surface area contributed by atoms with Crippen LogP contribution < -0.4 is 10.2 Å². The maximum atomic E-state index is 14.6. The van der Waals surface area contributed by atoms with Crippen molar-refractivity contribution in [3.63, 3.8) is 0 Å². The van der Waals surface area contributed by atoms with Crippen molar-refractivity contribution in [3.05, 3.63) is 70.8 Å². The van der Waals surface area contributed by atoms with Crippen molar-refractivity contribution >= 4 is 23.2 Å². The molecule has 1 aliphatic heterocycles. The molecule has 1 N–H and O–H groups in total. The quantitative estimate of drug-likeness (QED) is 0.663. The molecule has 9 heteroatoms. The van der Waals surface area contributed by atoms with Crippen molar-refractivity contribution in [1.29, 1.82) is 0 Å². The molecule has 0 spiro atoms. The standard InChI is InChI=1S/C23H19F3N4O2/c24-16-8-7-14(12-17(16)25)30-19-4-1-3-15(19)22(28-30)23(32)27-13-6-9-20(18(26)11-13)29-10-2-5-21(29)31/h6-9,11-12H,1-5,10H2,(H,27,32). The Morgan fingerprint density at radius 1 is 0.938 bits per heavy atom. The Hall–Kier alpha value is -3.62. The fourth-order valence-corrected chi connectivity index (χ4v) is 4.35. The van der Waals surface area contributed by atoms with Gasteiger partial charge in [0, 0.05) is 36.0 Å². The highest BCUT2D eigenvalue weighted by molar-refractivity contribution is 6.04. The highest BCUT2D eigenvalue weighted by Crippen LogP contribution is 2.30. The summed E-state index contributed by atoms with van der Waals surface area (Å²) in [6.07, 6.45) is 3.17. The molecule has 2 amide bonds. The Bertz CT molecular complexity index is 1250. The van der Waals surface area contributed by atoms with E-state index in [-0.39, 0.29) is 23.0 Å².